The van der Waals surface area contributed by atoms with Gasteiger partial charge in [0.25, 0.3) is 11.6 Å². The van der Waals surface area contributed by atoms with E-state index in [1.165, 1.54) is 27.9 Å². The van der Waals surface area contributed by atoms with Crippen LogP contribution in [0, 0.1) is 10.1 Å². The highest BCUT2D eigenvalue weighted by Crippen LogP contribution is 2.31. The van der Waals surface area contributed by atoms with Crippen molar-refractivity contribution in [2.24, 2.45) is 0 Å². The maximum absolute atomic E-state index is 12.4. The number of nitrogens with one attached hydrogen (secondary N) is 2. The second-order valence-corrected chi connectivity index (χ2v) is 8.43. The molecule has 1 saturated heterocycles. The van der Waals surface area contributed by atoms with Crippen molar-refractivity contribution in [2.45, 2.75) is 13.3 Å². The van der Waals surface area contributed by atoms with Crippen molar-refractivity contribution in [1.29, 1.82) is 0 Å². The van der Waals surface area contributed by atoms with Crippen molar-refractivity contribution in [3.8, 4) is 0 Å². The Morgan fingerprint density at radius 3 is 2.63 bits per heavy atom. The summed E-state index contributed by atoms with van der Waals surface area (Å²) in [5, 5.41) is 14.8. The Morgan fingerprint density at radius 2 is 1.97 bits per heavy atom. The van der Waals surface area contributed by atoms with Gasteiger partial charge in [0.15, 0.2) is 11.7 Å². The lowest BCUT2D eigenvalue weighted by molar-refractivity contribution is -0.892. The zero-order valence-corrected chi connectivity index (χ0v) is 17.6. The van der Waals surface area contributed by atoms with E-state index in [0.29, 0.717) is 6.54 Å². The Labute approximate surface area is 178 Å². The first-order valence-electron chi connectivity index (χ1n) is 10.0. The van der Waals surface area contributed by atoms with Crippen molar-refractivity contribution in [3.05, 3.63) is 58.1 Å². The monoisotopic (exact) mass is 426 g/mol. The molecule has 2 heterocycles. The Bertz CT molecular complexity index is 1060. The van der Waals surface area contributed by atoms with E-state index in [0.717, 1.165) is 53.6 Å². The van der Waals surface area contributed by atoms with E-state index >= 15 is 0 Å². The number of hydrogen-bond acceptors (Lipinski definition) is 6. The van der Waals surface area contributed by atoms with Gasteiger partial charge >= 0.3 is 0 Å². The largest absolute Gasteiger partial charge is 0.337 e. The van der Waals surface area contributed by atoms with E-state index in [9.17, 15) is 14.9 Å². The smallest absolute Gasteiger partial charge is 0.279 e. The number of non-ortho nitro benzene ring substituents is 1. The van der Waals surface area contributed by atoms with Crippen LogP contribution >= 0.6 is 11.3 Å². The number of quaternary nitrogens is 1. The van der Waals surface area contributed by atoms with Gasteiger partial charge in [0.1, 0.15) is 0 Å². The van der Waals surface area contributed by atoms with Gasteiger partial charge < -0.3 is 15.1 Å². The lowest BCUT2D eigenvalue weighted by Crippen LogP contribution is -3.15. The van der Waals surface area contributed by atoms with Crippen LogP contribution in [0.5, 0.6) is 0 Å². The molecule has 8 nitrogen and oxygen atoms in total. The Morgan fingerprint density at radius 1 is 1.23 bits per heavy atom. The number of nitrogens with zero attached hydrogens (tertiary/aromatic N) is 3. The molecule has 0 unspecified atom stereocenters. The number of aromatic nitrogens is 1. The first-order valence-corrected chi connectivity index (χ1v) is 10.9. The van der Waals surface area contributed by atoms with Gasteiger partial charge in [-0.15, -0.1) is 0 Å². The van der Waals surface area contributed by atoms with Crippen LogP contribution in [-0.4, -0.2) is 48.5 Å². The fourth-order valence-corrected chi connectivity index (χ4v) is 4.65. The number of anilines is 2. The molecule has 3 aromatic rings. The summed E-state index contributed by atoms with van der Waals surface area (Å²) in [4.78, 5) is 31.0. The van der Waals surface area contributed by atoms with E-state index in [4.69, 9.17) is 0 Å². The zero-order valence-electron chi connectivity index (χ0n) is 16.8. The topological polar surface area (TPSA) is 92.8 Å². The second-order valence-electron chi connectivity index (χ2n) is 7.42. The average Bonchev–Trinajstić information content (AvgIpc) is 3.18. The summed E-state index contributed by atoms with van der Waals surface area (Å²) in [6.45, 7) is 5.84. The summed E-state index contributed by atoms with van der Waals surface area (Å²) in [6, 6.07) is 12.7. The minimum atomic E-state index is -0.385. The maximum atomic E-state index is 12.4. The Kier molecular flexibility index (Phi) is 5.91. The third kappa shape index (κ3) is 4.58. The van der Waals surface area contributed by atoms with E-state index in [2.05, 4.69) is 22.1 Å². The first-order chi connectivity index (χ1) is 14.5. The normalized spacial score (nSPS) is 14.8. The van der Waals surface area contributed by atoms with Crippen molar-refractivity contribution in [3.63, 3.8) is 0 Å². The number of aryl methyl sites for hydroxylation is 1. The number of fused-ring (bicyclic) bond motifs is 1. The van der Waals surface area contributed by atoms with Gasteiger partial charge in [0.2, 0.25) is 0 Å². The van der Waals surface area contributed by atoms with Crippen LogP contribution in [0.4, 0.5) is 16.5 Å². The lowest BCUT2D eigenvalue weighted by atomic mass is 10.1. The molecule has 0 atom stereocenters. The lowest BCUT2D eigenvalue weighted by Gasteiger charge is -2.31. The molecule has 0 bridgehead atoms. The zero-order chi connectivity index (χ0) is 21.1. The van der Waals surface area contributed by atoms with Gasteiger partial charge in [-0.2, -0.15) is 0 Å². The standard InChI is InChI=1S/C21H23N5O3S/c1-2-15-3-5-16(6-4-15)22-20(27)14-24-9-11-25(12-10-24)21-23-18-8-7-17(26(28)29)13-19(18)30-21/h3-8,13H,2,9-12,14H2,1H3,(H,22,27)/p+1. The minimum Gasteiger partial charge on any atom is -0.337 e. The van der Waals surface area contributed by atoms with E-state index in [1.54, 1.807) is 12.1 Å². The molecule has 0 saturated carbocycles. The molecule has 0 aliphatic carbocycles. The first kappa shape index (κ1) is 20.2. The molecule has 1 aromatic heterocycles. The predicted octanol–water partition coefficient (Wildman–Crippen LogP) is 2.11. The van der Waals surface area contributed by atoms with E-state index in [1.807, 2.05) is 24.3 Å². The summed E-state index contributed by atoms with van der Waals surface area (Å²) in [6.07, 6.45) is 0.980. The summed E-state index contributed by atoms with van der Waals surface area (Å²) in [5.74, 6) is 0.0231. The number of thiazole rings is 1. The SMILES string of the molecule is CCc1ccc(NC(=O)C[NH+]2CCN(c3nc4ccc([N+](=O)[O-])cc4s3)CC2)cc1. The van der Waals surface area contributed by atoms with Gasteiger partial charge in [0, 0.05) is 17.8 Å². The van der Waals surface area contributed by atoms with Crippen LogP contribution < -0.4 is 15.1 Å². The third-order valence-corrected chi connectivity index (χ3v) is 6.45. The molecule has 4 rings (SSSR count). The van der Waals surface area contributed by atoms with Gasteiger partial charge in [-0.25, -0.2) is 4.98 Å². The molecular weight excluding hydrogens is 402 g/mol. The van der Waals surface area contributed by atoms with Crippen LogP contribution in [0.2, 0.25) is 0 Å². The number of hydrogen-bond donors (Lipinski definition) is 2. The van der Waals surface area contributed by atoms with E-state index in [-0.39, 0.29) is 16.5 Å². The Hall–Kier alpha value is -3.04. The molecule has 1 aliphatic heterocycles. The highest BCUT2D eigenvalue weighted by molar-refractivity contribution is 7.22. The molecule has 0 radical (unpaired) electrons. The van der Waals surface area contributed by atoms with Gasteiger partial charge in [-0.1, -0.05) is 30.4 Å². The van der Waals surface area contributed by atoms with Crippen LogP contribution in [0.3, 0.4) is 0 Å². The van der Waals surface area contributed by atoms with Gasteiger partial charge in [-0.05, 0) is 30.2 Å². The van der Waals surface area contributed by atoms with Gasteiger partial charge in [-0.3, -0.25) is 14.9 Å². The van der Waals surface area contributed by atoms with E-state index < -0.39 is 0 Å². The average molecular weight is 427 g/mol. The highest BCUT2D eigenvalue weighted by atomic mass is 32.1. The van der Waals surface area contributed by atoms with Crippen LogP contribution in [0.15, 0.2) is 42.5 Å². The predicted molar refractivity (Wildman–Crippen MR) is 119 cm³/mol. The van der Waals surface area contributed by atoms with Crippen molar-refractivity contribution in [1.82, 2.24) is 4.98 Å². The second kappa shape index (κ2) is 8.76. The molecule has 156 valence electrons. The molecular formula is C21H24N5O3S+. The summed E-state index contributed by atoms with van der Waals surface area (Å²) in [5.41, 5.74) is 2.95. The third-order valence-electron chi connectivity index (χ3n) is 5.37. The van der Waals surface area contributed by atoms with Gasteiger partial charge in [0.05, 0.1) is 41.3 Å². The molecule has 2 aromatic carbocycles. The number of piperazine rings is 1. The molecule has 0 spiro atoms. The Balaban J connectivity index is 1.31. The summed E-state index contributed by atoms with van der Waals surface area (Å²) < 4.78 is 0.822. The summed E-state index contributed by atoms with van der Waals surface area (Å²) >= 11 is 1.48. The quantitative estimate of drug-likeness (QED) is 0.465. The fraction of sp³-hybridized carbons (Fsp3) is 0.333. The minimum absolute atomic E-state index is 0.0231. The number of amides is 1. The van der Waals surface area contributed by atoms with Crippen molar-refractivity contribution < 1.29 is 14.6 Å². The maximum Gasteiger partial charge on any atom is 0.279 e. The number of nitro benzene ring substituents is 1. The number of nitro groups is 1. The number of benzene rings is 2. The highest BCUT2D eigenvalue weighted by Gasteiger charge is 2.24. The molecule has 9 heteroatoms. The molecule has 1 amide bonds. The fourth-order valence-electron chi connectivity index (χ4n) is 3.60. The summed E-state index contributed by atoms with van der Waals surface area (Å²) in [7, 11) is 0. The van der Waals surface area contributed by atoms with Crippen LogP contribution in [-0.2, 0) is 11.2 Å². The number of carbonyl (C=O) groups is 1. The van der Waals surface area contributed by atoms with Crippen LogP contribution in [0.1, 0.15) is 12.5 Å². The van der Waals surface area contributed by atoms with Crippen LogP contribution in [0.25, 0.3) is 10.2 Å². The van der Waals surface area contributed by atoms with Crippen molar-refractivity contribution in [2.75, 3.05) is 42.9 Å². The number of rotatable bonds is 6. The molecule has 1 aliphatic rings. The molecule has 1 fully saturated rings. The molecule has 2 N–H and O–H groups in total. The van der Waals surface area contributed by atoms with Crippen molar-refractivity contribution >= 4 is 44.0 Å². The molecule has 30 heavy (non-hydrogen) atoms. The number of carbonyl (C=O) groups excluding carboxylic acids is 1.